The monoisotopic (exact) mass is 303 g/mol. The first-order chi connectivity index (χ1) is 9.27. The SMILES string of the molecule is CC(C)S(=O)(=O)CCOc1cc(CO)ccc1[N+](=O)[O-]. The van der Waals surface area contributed by atoms with E-state index < -0.39 is 20.0 Å². The van der Waals surface area contributed by atoms with E-state index in [0.717, 1.165) is 0 Å². The molecule has 8 heteroatoms. The van der Waals surface area contributed by atoms with E-state index in [4.69, 9.17) is 9.84 Å². The van der Waals surface area contributed by atoms with Gasteiger partial charge in [0.05, 0.1) is 22.5 Å². The van der Waals surface area contributed by atoms with Gasteiger partial charge in [-0.3, -0.25) is 10.1 Å². The molecule has 0 aliphatic rings. The largest absolute Gasteiger partial charge is 0.486 e. The maximum atomic E-state index is 11.6. The molecule has 1 aromatic carbocycles. The van der Waals surface area contributed by atoms with Crippen molar-refractivity contribution in [3.63, 3.8) is 0 Å². The van der Waals surface area contributed by atoms with Crippen LogP contribution in [-0.4, -0.2) is 36.1 Å². The van der Waals surface area contributed by atoms with E-state index in [1.54, 1.807) is 13.8 Å². The molecule has 1 rings (SSSR count). The Morgan fingerprint density at radius 1 is 1.40 bits per heavy atom. The summed E-state index contributed by atoms with van der Waals surface area (Å²) >= 11 is 0. The second-order valence-electron chi connectivity index (χ2n) is 4.48. The van der Waals surface area contributed by atoms with Crippen LogP contribution in [0.25, 0.3) is 0 Å². The molecule has 1 aromatic rings. The number of hydrogen-bond donors (Lipinski definition) is 1. The molecule has 0 atom stereocenters. The summed E-state index contributed by atoms with van der Waals surface area (Å²) in [6.45, 7) is 2.67. The molecule has 0 aliphatic heterocycles. The number of aliphatic hydroxyl groups excluding tert-OH is 1. The van der Waals surface area contributed by atoms with E-state index in [1.807, 2.05) is 0 Å². The minimum Gasteiger partial charge on any atom is -0.486 e. The molecule has 1 N–H and O–H groups in total. The lowest BCUT2D eigenvalue weighted by Crippen LogP contribution is -2.22. The van der Waals surface area contributed by atoms with Crippen molar-refractivity contribution in [3.05, 3.63) is 33.9 Å². The van der Waals surface area contributed by atoms with E-state index in [-0.39, 0.29) is 30.4 Å². The van der Waals surface area contributed by atoms with Crippen LogP contribution in [0, 0.1) is 10.1 Å². The summed E-state index contributed by atoms with van der Waals surface area (Å²) in [5, 5.41) is 19.3. The molecule has 0 bridgehead atoms. The first-order valence-corrected chi connectivity index (χ1v) is 7.72. The van der Waals surface area contributed by atoms with E-state index in [2.05, 4.69) is 0 Å². The minimum absolute atomic E-state index is 0.0412. The summed E-state index contributed by atoms with van der Waals surface area (Å²) in [6.07, 6.45) is 0. The van der Waals surface area contributed by atoms with Crippen molar-refractivity contribution in [2.75, 3.05) is 12.4 Å². The molecule has 0 heterocycles. The van der Waals surface area contributed by atoms with Gasteiger partial charge in [-0.05, 0) is 31.5 Å². The van der Waals surface area contributed by atoms with Crippen LogP contribution in [0.2, 0.25) is 0 Å². The predicted molar refractivity (Wildman–Crippen MR) is 73.4 cm³/mol. The van der Waals surface area contributed by atoms with Gasteiger partial charge in [-0.2, -0.15) is 0 Å². The van der Waals surface area contributed by atoms with E-state index in [0.29, 0.717) is 5.56 Å². The third-order valence-corrected chi connectivity index (χ3v) is 4.92. The molecule has 0 radical (unpaired) electrons. The molecule has 0 aromatic heterocycles. The van der Waals surface area contributed by atoms with Gasteiger partial charge in [0, 0.05) is 6.07 Å². The summed E-state index contributed by atoms with van der Waals surface area (Å²) in [5.41, 5.74) is 0.196. The lowest BCUT2D eigenvalue weighted by atomic mass is 10.2. The quantitative estimate of drug-likeness (QED) is 0.601. The third kappa shape index (κ3) is 4.17. The molecule has 0 amide bonds. The van der Waals surface area contributed by atoms with Gasteiger partial charge in [0.15, 0.2) is 15.6 Å². The summed E-state index contributed by atoms with van der Waals surface area (Å²) in [4.78, 5) is 10.2. The summed E-state index contributed by atoms with van der Waals surface area (Å²) in [5.74, 6) is -0.258. The molecule has 0 spiro atoms. The van der Waals surface area contributed by atoms with E-state index >= 15 is 0 Å². The number of ether oxygens (including phenoxy) is 1. The first-order valence-electron chi connectivity index (χ1n) is 6.00. The summed E-state index contributed by atoms with van der Waals surface area (Å²) in [7, 11) is -3.26. The highest BCUT2D eigenvalue weighted by atomic mass is 32.2. The standard InChI is InChI=1S/C12H17NO6S/c1-9(2)20(17,18)6-5-19-12-7-10(8-14)3-4-11(12)13(15)16/h3-4,7,9,14H,5-6,8H2,1-2H3. The van der Waals surface area contributed by atoms with Gasteiger partial charge in [-0.15, -0.1) is 0 Å². The fraction of sp³-hybridized carbons (Fsp3) is 0.500. The Morgan fingerprint density at radius 3 is 2.55 bits per heavy atom. The van der Waals surface area contributed by atoms with Gasteiger partial charge in [0.25, 0.3) is 0 Å². The Hall–Kier alpha value is -1.67. The van der Waals surface area contributed by atoms with E-state index in [1.165, 1.54) is 18.2 Å². The molecule has 0 unspecified atom stereocenters. The number of nitro groups is 1. The van der Waals surface area contributed by atoms with Gasteiger partial charge in [0.2, 0.25) is 0 Å². The zero-order chi connectivity index (χ0) is 15.3. The molecular weight excluding hydrogens is 286 g/mol. The smallest absolute Gasteiger partial charge is 0.310 e. The first kappa shape index (κ1) is 16.4. The number of rotatable bonds is 7. The highest BCUT2D eigenvalue weighted by Gasteiger charge is 2.19. The van der Waals surface area contributed by atoms with Crippen LogP contribution in [0.1, 0.15) is 19.4 Å². The van der Waals surface area contributed by atoms with Crippen molar-refractivity contribution in [3.8, 4) is 5.75 Å². The fourth-order valence-electron chi connectivity index (χ4n) is 1.43. The van der Waals surface area contributed by atoms with Gasteiger partial charge >= 0.3 is 5.69 Å². The maximum Gasteiger partial charge on any atom is 0.310 e. The van der Waals surface area contributed by atoms with Crippen molar-refractivity contribution in [2.24, 2.45) is 0 Å². The van der Waals surface area contributed by atoms with Gasteiger partial charge < -0.3 is 9.84 Å². The molecule has 112 valence electrons. The van der Waals surface area contributed by atoms with Gasteiger partial charge in [0.1, 0.15) is 6.61 Å². The number of benzene rings is 1. The van der Waals surface area contributed by atoms with Gasteiger partial charge in [-0.1, -0.05) is 0 Å². The second-order valence-corrected chi connectivity index (χ2v) is 7.16. The fourth-order valence-corrected chi connectivity index (χ4v) is 2.21. The number of sulfone groups is 1. The lowest BCUT2D eigenvalue weighted by molar-refractivity contribution is -0.385. The molecule has 0 aliphatic carbocycles. The number of nitro benzene ring substituents is 1. The van der Waals surface area contributed by atoms with E-state index in [9.17, 15) is 18.5 Å². The maximum absolute atomic E-state index is 11.6. The van der Waals surface area contributed by atoms with Crippen LogP contribution < -0.4 is 4.74 Å². The Balaban J connectivity index is 2.84. The zero-order valence-corrected chi connectivity index (χ0v) is 12.1. The molecule has 0 saturated heterocycles. The highest BCUT2D eigenvalue weighted by Crippen LogP contribution is 2.28. The number of hydrogen-bond acceptors (Lipinski definition) is 6. The molecule has 20 heavy (non-hydrogen) atoms. The van der Waals surface area contributed by atoms with Crippen molar-refractivity contribution in [1.82, 2.24) is 0 Å². The van der Waals surface area contributed by atoms with Crippen LogP contribution in [0.4, 0.5) is 5.69 Å². The van der Waals surface area contributed by atoms with Crippen LogP contribution in [0.3, 0.4) is 0 Å². The number of aliphatic hydroxyl groups is 1. The van der Waals surface area contributed by atoms with Crippen LogP contribution >= 0.6 is 0 Å². The Kier molecular flexibility index (Phi) is 5.46. The summed E-state index contributed by atoms with van der Waals surface area (Å²) < 4.78 is 28.4. The Bertz CT molecular complexity index is 582. The molecular formula is C12H17NO6S. The average Bonchev–Trinajstić information content (AvgIpc) is 2.37. The van der Waals surface area contributed by atoms with Crippen LogP contribution in [0.5, 0.6) is 5.75 Å². The molecule has 0 fully saturated rings. The normalized spacial score (nSPS) is 11.6. The van der Waals surface area contributed by atoms with Crippen LogP contribution in [0.15, 0.2) is 18.2 Å². The zero-order valence-electron chi connectivity index (χ0n) is 11.3. The van der Waals surface area contributed by atoms with Crippen molar-refractivity contribution >= 4 is 15.5 Å². The minimum atomic E-state index is -3.26. The highest BCUT2D eigenvalue weighted by molar-refractivity contribution is 7.91. The average molecular weight is 303 g/mol. The Labute approximate surface area is 117 Å². The van der Waals surface area contributed by atoms with Crippen molar-refractivity contribution < 1.29 is 23.2 Å². The summed E-state index contributed by atoms with van der Waals surface area (Å²) in [6, 6.07) is 3.97. The molecule has 0 saturated carbocycles. The second kappa shape index (κ2) is 6.67. The topological polar surface area (TPSA) is 107 Å². The predicted octanol–water partition coefficient (Wildman–Crippen LogP) is 1.29. The third-order valence-electron chi connectivity index (χ3n) is 2.75. The van der Waals surface area contributed by atoms with Gasteiger partial charge in [-0.25, -0.2) is 8.42 Å². The Morgan fingerprint density at radius 2 is 2.05 bits per heavy atom. The van der Waals surface area contributed by atoms with Crippen molar-refractivity contribution in [2.45, 2.75) is 25.7 Å². The molecule has 7 nitrogen and oxygen atoms in total. The number of nitrogens with zero attached hydrogens (tertiary/aromatic N) is 1. The lowest BCUT2D eigenvalue weighted by Gasteiger charge is -2.10. The van der Waals surface area contributed by atoms with Crippen molar-refractivity contribution in [1.29, 1.82) is 0 Å². The van der Waals surface area contributed by atoms with Crippen LogP contribution in [-0.2, 0) is 16.4 Å².